The van der Waals surface area contributed by atoms with Crippen molar-refractivity contribution in [3.63, 3.8) is 0 Å². The fourth-order valence-electron chi connectivity index (χ4n) is 3.04. The number of primary sulfonamides is 1. The summed E-state index contributed by atoms with van der Waals surface area (Å²) in [6.07, 6.45) is 0. The van der Waals surface area contributed by atoms with Crippen LogP contribution in [0.5, 0.6) is 0 Å². The number of nitrogens with zero attached hydrogens (tertiary/aromatic N) is 1. The van der Waals surface area contributed by atoms with E-state index in [0.29, 0.717) is 0 Å². The predicted molar refractivity (Wildman–Crippen MR) is 102 cm³/mol. The van der Waals surface area contributed by atoms with Crippen LogP contribution in [0.1, 0.15) is 11.1 Å². The third-order valence-electron chi connectivity index (χ3n) is 3.91. The van der Waals surface area contributed by atoms with Crippen molar-refractivity contribution in [1.82, 2.24) is 0 Å². The molecule has 0 bridgehead atoms. The predicted octanol–water partition coefficient (Wildman–Crippen LogP) is 0.872. The van der Waals surface area contributed by atoms with Gasteiger partial charge in [0.2, 0.25) is 19.9 Å². The summed E-state index contributed by atoms with van der Waals surface area (Å²) in [6, 6.07) is 5.36. The molecule has 11 nitrogen and oxygen atoms in total. The second kappa shape index (κ2) is 7.46. The molecule has 0 spiro atoms. The van der Waals surface area contributed by atoms with Crippen molar-refractivity contribution in [3.8, 4) is 11.1 Å². The van der Waals surface area contributed by atoms with Crippen molar-refractivity contribution in [2.24, 2.45) is 5.14 Å². The van der Waals surface area contributed by atoms with Crippen molar-refractivity contribution >= 4 is 30.0 Å². The maximum absolute atomic E-state index is 12.3. The van der Waals surface area contributed by atoms with E-state index in [0.717, 1.165) is 30.3 Å². The highest BCUT2D eigenvalue weighted by molar-refractivity contribution is 7.91. The number of sulfonamides is 1. The molecule has 0 saturated carbocycles. The first-order chi connectivity index (χ1) is 13.1. The Labute approximate surface area is 167 Å². The maximum atomic E-state index is 12.3. The molecule has 2 aromatic carbocycles. The monoisotopic (exact) mass is 464 g/mol. The van der Waals surface area contributed by atoms with Gasteiger partial charge in [0.05, 0.1) is 9.79 Å². The number of rotatable bonds is 6. The van der Waals surface area contributed by atoms with Gasteiger partial charge >= 0.3 is 5.88 Å². The lowest BCUT2D eigenvalue weighted by molar-refractivity contribution is -0.458. The normalized spacial score (nSPS) is 12.7. The summed E-state index contributed by atoms with van der Waals surface area (Å²) in [5, 5.41) is 15.8. The molecule has 2 aromatic rings. The summed E-state index contributed by atoms with van der Waals surface area (Å²) in [6.45, 7) is 2.63. The van der Waals surface area contributed by atoms with Crippen LogP contribution < -0.4 is 5.14 Å². The largest absolute Gasteiger partial charge is 0.305 e. The van der Waals surface area contributed by atoms with E-state index in [-0.39, 0.29) is 21.6 Å². The number of hydrogen-bond acceptors (Lipinski definition) is 8. The average molecular weight is 464 g/mol. The molecule has 0 aliphatic rings. The Morgan fingerprint density at radius 2 is 1.48 bits per heavy atom. The first kappa shape index (κ1) is 22.9. The molecule has 0 fully saturated rings. The molecule has 0 atom stereocenters. The molecule has 0 unspecified atom stereocenters. The van der Waals surface area contributed by atoms with Gasteiger partial charge in [0.1, 0.15) is 4.90 Å². The molecule has 158 valence electrons. The van der Waals surface area contributed by atoms with Gasteiger partial charge in [-0.2, -0.15) is 8.42 Å². The van der Waals surface area contributed by atoms with Crippen LogP contribution in [-0.4, -0.2) is 40.6 Å². The minimum Gasteiger partial charge on any atom is -0.282 e. The summed E-state index contributed by atoms with van der Waals surface area (Å²) < 4.78 is 81.5. The SMILES string of the molecule is Cc1cc(-c2c(S(N)(=O)=O)cccc2S(=O)(=O)O)cc(C)c1S(=O)(=O)C[N+](=O)[O-]. The highest BCUT2D eigenvalue weighted by atomic mass is 32.2. The second-order valence-corrected chi connectivity index (χ2v) is 11.0. The van der Waals surface area contributed by atoms with E-state index >= 15 is 0 Å². The molecule has 14 heteroatoms. The fraction of sp³-hybridized carbons (Fsp3) is 0.200. The van der Waals surface area contributed by atoms with E-state index in [9.17, 15) is 39.9 Å². The van der Waals surface area contributed by atoms with Crippen molar-refractivity contribution in [2.45, 2.75) is 28.5 Å². The van der Waals surface area contributed by atoms with Gasteiger partial charge in [-0.15, -0.1) is 0 Å². The number of aryl methyl sites for hydroxylation is 2. The van der Waals surface area contributed by atoms with Gasteiger partial charge in [-0.05, 0) is 42.7 Å². The quantitative estimate of drug-likeness (QED) is 0.354. The Morgan fingerprint density at radius 1 is 1.00 bits per heavy atom. The van der Waals surface area contributed by atoms with Gasteiger partial charge in [-0.1, -0.05) is 18.2 Å². The van der Waals surface area contributed by atoms with Crippen LogP contribution in [0.4, 0.5) is 0 Å². The first-order valence-electron chi connectivity index (χ1n) is 7.65. The highest BCUT2D eigenvalue weighted by Crippen LogP contribution is 2.36. The van der Waals surface area contributed by atoms with Crippen LogP contribution in [0.2, 0.25) is 0 Å². The topological polar surface area (TPSA) is 192 Å². The Balaban J connectivity index is 2.93. The van der Waals surface area contributed by atoms with E-state index in [1.165, 1.54) is 13.8 Å². The van der Waals surface area contributed by atoms with Gasteiger partial charge in [0.25, 0.3) is 10.1 Å². The molecule has 0 aromatic heterocycles. The van der Waals surface area contributed by atoms with Crippen molar-refractivity contribution in [3.05, 3.63) is 51.6 Å². The zero-order valence-electron chi connectivity index (χ0n) is 15.1. The zero-order chi connectivity index (χ0) is 22.4. The molecule has 0 aliphatic heterocycles. The smallest absolute Gasteiger partial charge is 0.282 e. The van der Waals surface area contributed by atoms with Crippen molar-refractivity contribution in [2.75, 3.05) is 5.88 Å². The molecule has 3 N–H and O–H groups in total. The highest BCUT2D eigenvalue weighted by Gasteiger charge is 2.29. The first-order valence-corrected chi connectivity index (χ1v) is 12.3. The van der Waals surface area contributed by atoms with Gasteiger partial charge in [0.15, 0.2) is 0 Å². The lowest BCUT2D eigenvalue weighted by atomic mass is 10.0. The summed E-state index contributed by atoms with van der Waals surface area (Å²) in [4.78, 5) is 7.97. The van der Waals surface area contributed by atoms with Crippen LogP contribution in [0.25, 0.3) is 11.1 Å². The van der Waals surface area contributed by atoms with Crippen LogP contribution in [0.3, 0.4) is 0 Å². The van der Waals surface area contributed by atoms with Gasteiger partial charge in [0, 0.05) is 10.5 Å². The molecule has 29 heavy (non-hydrogen) atoms. The standard InChI is InChI=1S/C15H16N2O9S3/c1-9-6-11(7-10(2)15(9)27(20,21)8-17(18)19)14-12(28(16,22)23)4-3-5-13(14)29(24,25)26/h3-7H,8H2,1-2H3,(H2,16,22,23)(H,24,25,26). The van der Waals surface area contributed by atoms with Crippen LogP contribution in [0.15, 0.2) is 45.0 Å². The summed E-state index contributed by atoms with van der Waals surface area (Å²) in [5.74, 6) is -1.35. The van der Waals surface area contributed by atoms with Gasteiger partial charge < -0.3 is 0 Å². The minimum absolute atomic E-state index is 0.0207. The Kier molecular flexibility index (Phi) is 5.89. The molecule has 0 heterocycles. The summed E-state index contributed by atoms with van der Waals surface area (Å²) >= 11 is 0. The molecular formula is C15H16N2O9S3. The Hall–Kier alpha value is -2.39. The van der Waals surface area contributed by atoms with Gasteiger partial charge in [-0.3, -0.25) is 14.7 Å². The summed E-state index contributed by atoms with van der Waals surface area (Å²) in [5.41, 5.74) is -0.459. The number of nitro groups is 1. The molecular weight excluding hydrogens is 448 g/mol. The third kappa shape index (κ3) is 4.79. The number of benzene rings is 2. The minimum atomic E-state index is -4.87. The number of nitrogens with two attached hydrogens (primary N) is 1. The van der Waals surface area contributed by atoms with Crippen molar-refractivity contribution in [1.29, 1.82) is 0 Å². The average Bonchev–Trinajstić information content (AvgIpc) is 2.50. The van der Waals surface area contributed by atoms with Crippen LogP contribution in [0, 0.1) is 24.0 Å². The lowest BCUT2D eigenvalue weighted by Crippen LogP contribution is -2.17. The van der Waals surface area contributed by atoms with E-state index in [2.05, 4.69) is 0 Å². The second-order valence-electron chi connectivity index (χ2n) is 6.17. The molecule has 0 saturated heterocycles. The molecule has 0 amide bonds. The summed E-state index contributed by atoms with van der Waals surface area (Å²) in [7, 11) is -13.6. The zero-order valence-corrected chi connectivity index (χ0v) is 17.5. The Bertz CT molecular complexity index is 1260. The molecule has 2 rings (SSSR count). The van der Waals surface area contributed by atoms with E-state index < -0.39 is 56.1 Å². The van der Waals surface area contributed by atoms with Crippen molar-refractivity contribution < 1.29 is 34.7 Å². The number of hydrogen-bond donors (Lipinski definition) is 2. The Morgan fingerprint density at radius 3 is 1.90 bits per heavy atom. The van der Waals surface area contributed by atoms with E-state index in [1.54, 1.807) is 0 Å². The van der Waals surface area contributed by atoms with Crippen LogP contribution >= 0.6 is 0 Å². The lowest BCUT2D eigenvalue weighted by Gasteiger charge is -2.16. The fourth-order valence-corrected chi connectivity index (χ4v) is 6.12. The maximum Gasteiger partial charge on any atom is 0.305 e. The van der Waals surface area contributed by atoms with E-state index in [4.69, 9.17) is 5.14 Å². The van der Waals surface area contributed by atoms with Gasteiger partial charge in [-0.25, -0.2) is 22.0 Å². The molecule has 0 radical (unpaired) electrons. The molecule has 0 aliphatic carbocycles. The number of sulfone groups is 1. The van der Waals surface area contributed by atoms with E-state index in [1.807, 2.05) is 0 Å². The third-order valence-corrected chi connectivity index (χ3v) is 7.57. The van der Waals surface area contributed by atoms with Crippen LogP contribution in [-0.2, 0) is 30.0 Å².